The van der Waals surface area contributed by atoms with Crippen molar-refractivity contribution in [3.05, 3.63) is 17.0 Å². The molecule has 0 saturated carbocycles. The Hall–Kier alpha value is -0.900. The first-order valence-corrected chi connectivity index (χ1v) is 7.60. The molecule has 0 radical (unpaired) electrons. The van der Waals surface area contributed by atoms with Crippen LogP contribution in [0, 0.1) is 18.3 Å². The molecule has 1 aromatic rings. The predicted molar refractivity (Wildman–Crippen MR) is 68.3 cm³/mol. The van der Waals surface area contributed by atoms with Gasteiger partial charge in [-0.1, -0.05) is 0 Å². The second-order valence-electron chi connectivity index (χ2n) is 3.98. The van der Waals surface area contributed by atoms with E-state index in [0.29, 0.717) is 4.21 Å². The Balaban J connectivity index is 3.05. The summed E-state index contributed by atoms with van der Waals surface area (Å²) in [4.78, 5) is 0.965. The van der Waals surface area contributed by atoms with Crippen molar-refractivity contribution in [2.24, 2.45) is 0 Å². The van der Waals surface area contributed by atoms with Crippen molar-refractivity contribution in [1.29, 1.82) is 5.26 Å². The van der Waals surface area contributed by atoms with E-state index in [1.165, 1.54) is 15.6 Å². The van der Waals surface area contributed by atoms with E-state index in [1.54, 1.807) is 12.1 Å². The Labute approximate surface area is 107 Å². The number of rotatable bonds is 5. The lowest BCUT2D eigenvalue weighted by Gasteiger charge is -2.24. The van der Waals surface area contributed by atoms with E-state index in [1.807, 2.05) is 26.8 Å². The summed E-state index contributed by atoms with van der Waals surface area (Å²) in [5, 5.41) is 8.57. The lowest BCUT2D eigenvalue weighted by Crippen LogP contribution is -2.37. The number of thiophene rings is 1. The normalized spacial score (nSPS) is 12.0. The van der Waals surface area contributed by atoms with Crippen LogP contribution in [0.4, 0.5) is 0 Å². The standard InChI is InChI=1S/C11H16N2O2S2/c1-9(2)13(8-4-7-12)17(14,15)11-6-5-10(3)16-11/h5-6,9H,4,8H2,1-3H3. The van der Waals surface area contributed by atoms with Crippen molar-refractivity contribution in [3.63, 3.8) is 0 Å². The van der Waals surface area contributed by atoms with E-state index >= 15 is 0 Å². The van der Waals surface area contributed by atoms with Crippen LogP contribution < -0.4 is 0 Å². The zero-order valence-electron chi connectivity index (χ0n) is 10.2. The second kappa shape index (κ2) is 5.63. The van der Waals surface area contributed by atoms with Crippen molar-refractivity contribution in [1.82, 2.24) is 4.31 Å². The average molecular weight is 272 g/mol. The molecule has 1 aromatic heterocycles. The molecule has 0 spiro atoms. The largest absolute Gasteiger partial charge is 0.252 e. The first-order chi connectivity index (χ1) is 7.89. The molecule has 0 aliphatic heterocycles. The Morgan fingerprint density at radius 3 is 2.53 bits per heavy atom. The number of nitrogens with zero attached hydrogens (tertiary/aromatic N) is 2. The number of nitriles is 1. The summed E-state index contributed by atoms with van der Waals surface area (Å²) in [5.74, 6) is 0. The minimum Gasteiger partial charge on any atom is -0.206 e. The lowest BCUT2D eigenvalue weighted by molar-refractivity contribution is 0.361. The van der Waals surface area contributed by atoms with Crippen LogP contribution in [0.5, 0.6) is 0 Å². The molecule has 0 bridgehead atoms. The average Bonchev–Trinajstić information content (AvgIpc) is 2.65. The van der Waals surface area contributed by atoms with Gasteiger partial charge < -0.3 is 0 Å². The van der Waals surface area contributed by atoms with Crippen molar-refractivity contribution >= 4 is 21.4 Å². The third kappa shape index (κ3) is 3.28. The maximum absolute atomic E-state index is 12.3. The second-order valence-corrected chi connectivity index (χ2v) is 7.39. The van der Waals surface area contributed by atoms with E-state index in [2.05, 4.69) is 0 Å². The molecule has 1 heterocycles. The van der Waals surface area contributed by atoms with Crippen LogP contribution in [0.1, 0.15) is 25.1 Å². The van der Waals surface area contributed by atoms with Crippen LogP contribution >= 0.6 is 11.3 Å². The van der Waals surface area contributed by atoms with E-state index < -0.39 is 10.0 Å². The van der Waals surface area contributed by atoms with Crippen molar-refractivity contribution in [2.75, 3.05) is 6.54 Å². The molecule has 0 aromatic carbocycles. The number of hydrogen-bond donors (Lipinski definition) is 0. The van der Waals surface area contributed by atoms with Gasteiger partial charge in [0.15, 0.2) is 0 Å². The Morgan fingerprint density at radius 1 is 1.47 bits per heavy atom. The molecule has 4 nitrogen and oxygen atoms in total. The molecule has 0 saturated heterocycles. The first kappa shape index (κ1) is 14.2. The van der Waals surface area contributed by atoms with Crippen molar-refractivity contribution in [3.8, 4) is 6.07 Å². The first-order valence-electron chi connectivity index (χ1n) is 5.35. The Kier molecular flexibility index (Phi) is 4.69. The third-order valence-corrected chi connectivity index (χ3v) is 5.84. The number of aryl methyl sites for hydroxylation is 1. The third-order valence-electron chi connectivity index (χ3n) is 2.30. The fourth-order valence-electron chi connectivity index (χ4n) is 1.48. The highest BCUT2D eigenvalue weighted by atomic mass is 32.2. The number of sulfonamides is 1. The summed E-state index contributed by atoms with van der Waals surface area (Å²) >= 11 is 1.26. The van der Waals surface area contributed by atoms with Gasteiger partial charge in [-0.25, -0.2) is 8.42 Å². The van der Waals surface area contributed by atoms with E-state index in [4.69, 9.17) is 5.26 Å². The zero-order valence-corrected chi connectivity index (χ0v) is 11.8. The molecule has 6 heteroatoms. The number of hydrogen-bond acceptors (Lipinski definition) is 4. The molecule has 0 unspecified atom stereocenters. The molecule has 0 fully saturated rings. The lowest BCUT2D eigenvalue weighted by atomic mass is 10.3. The van der Waals surface area contributed by atoms with Gasteiger partial charge in [0.05, 0.1) is 6.07 Å². The quantitative estimate of drug-likeness (QED) is 0.826. The molecular weight excluding hydrogens is 256 g/mol. The Morgan fingerprint density at radius 2 is 2.12 bits per heavy atom. The summed E-state index contributed by atoms with van der Waals surface area (Å²) < 4.78 is 26.4. The van der Waals surface area contributed by atoms with Crippen molar-refractivity contribution in [2.45, 2.75) is 37.4 Å². The predicted octanol–water partition coefficient (Wildman–Crippen LogP) is 2.37. The minimum atomic E-state index is -3.45. The van der Waals surface area contributed by atoms with Crippen LogP contribution in [0.2, 0.25) is 0 Å². The molecule has 94 valence electrons. The van der Waals surface area contributed by atoms with Crippen LogP contribution in [0.3, 0.4) is 0 Å². The van der Waals surface area contributed by atoms with Gasteiger partial charge in [-0.2, -0.15) is 9.57 Å². The van der Waals surface area contributed by atoms with Gasteiger partial charge in [-0.15, -0.1) is 11.3 Å². The SMILES string of the molecule is Cc1ccc(S(=O)(=O)N(CCC#N)C(C)C)s1. The highest BCUT2D eigenvalue weighted by molar-refractivity contribution is 7.91. The summed E-state index contributed by atoms with van der Waals surface area (Å²) in [6.45, 7) is 5.75. The maximum atomic E-state index is 12.3. The van der Waals surface area contributed by atoms with E-state index in [0.717, 1.165) is 4.88 Å². The summed E-state index contributed by atoms with van der Waals surface area (Å²) in [6, 6.07) is 5.25. The topological polar surface area (TPSA) is 61.2 Å². The van der Waals surface area contributed by atoms with Crippen molar-refractivity contribution < 1.29 is 8.42 Å². The van der Waals surface area contributed by atoms with Gasteiger partial charge in [-0.3, -0.25) is 0 Å². The van der Waals surface area contributed by atoms with E-state index in [-0.39, 0.29) is 19.0 Å². The summed E-state index contributed by atoms with van der Waals surface area (Å²) in [7, 11) is -3.45. The molecule has 0 aliphatic rings. The molecule has 0 aliphatic carbocycles. The monoisotopic (exact) mass is 272 g/mol. The maximum Gasteiger partial charge on any atom is 0.252 e. The smallest absolute Gasteiger partial charge is 0.206 e. The summed E-state index contributed by atoms with van der Waals surface area (Å²) in [6.07, 6.45) is 0.210. The molecule has 0 N–H and O–H groups in total. The molecule has 0 amide bonds. The van der Waals surface area contributed by atoms with Crippen LogP contribution in [0.15, 0.2) is 16.3 Å². The Bertz CT molecular complexity index is 512. The van der Waals surface area contributed by atoms with Crippen LogP contribution in [-0.2, 0) is 10.0 Å². The molecule has 0 atom stereocenters. The highest BCUT2D eigenvalue weighted by Gasteiger charge is 2.27. The van der Waals surface area contributed by atoms with Gasteiger partial charge >= 0.3 is 0 Å². The zero-order chi connectivity index (χ0) is 13.1. The van der Waals surface area contributed by atoms with Gasteiger partial charge in [0, 0.05) is 23.9 Å². The highest BCUT2D eigenvalue weighted by Crippen LogP contribution is 2.25. The molecule has 1 rings (SSSR count). The van der Waals surface area contributed by atoms with Gasteiger partial charge in [0.1, 0.15) is 4.21 Å². The minimum absolute atomic E-state index is 0.143. The fraction of sp³-hybridized carbons (Fsp3) is 0.545. The van der Waals surface area contributed by atoms with E-state index in [9.17, 15) is 8.42 Å². The van der Waals surface area contributed by atoms with Crippen LogP contribution in [0.25, 0.3) is 0 Å². The molecular formula is C11H16N2O2S2. The van der Waals surface area contributed by atoms with Gasteiger partial charge in [-0.05, 0) is 32.9 Å². The summed E-state index contributed by atoms with van der Waals surface area (Å²) in [5.41, 5.74) is 0. The van der Waals surface area contributed by atoms with Gasteiger partial charge in [0.2, 0.25) is 0 Å². The fourth-order valence-corrected chi connectivity index (χ4v) is 4.53. The molecule has 17 heavy (non-hydrogen) atoms. The van der Waals surface area contributed by atoms with Crippen LogP contribution in [-0.4, -0.2) is 25.3 Å². The van der Waals surface area contributed by atoms with Gasteiger partial charge in [0.25, 0.3) is 10.0 Å².